The molecule has 0 bridgehead atoms. The Balaban J connectivity index is 2.26. The highest BCUT2D eigenvalue weighted by atomic mass is 16.6. The molecule has 0 aliphatic heterocycles. The van der Waals surface area contributed by atoms with E-state index in [0.29, 0.717) is 11.3 Å². The number of carbonyl (C=O) groups excluding carboxylic acids is 4. The number of alkyl carbamates (subject to hydrolysis) is 1. The Hall–Kier alpha value is -2.90. The molecule has 0 aromatic heterocycles. The smallest absolute Gasteiger partial charge is 0.407 e. The van der Waals surface area contributed by atoms with Gasteiger partial charge in [0.05, 0.1) is 6.42 Å². The minimum Gasteiger partial charge on any atom is -0.456 e. The van der Waals surface area contributed by atoms with Gasteiger partial charge in [-0.3, -0.25) is 14.4 Å². The predicted molar refractivity (Wildman–Crippen MR) is 94.9 cm³/mol. The summed E-state index contributed by atoms with van der Waals surface area (Å²) < 4.78 is 9.84. The summed E-state index contributed by atoms with van der Waals surface area (Å²) in [6.07, 6.45) is -0.711. The van der Waals surface area contributed by atoms with Crippen molar-refractivity contribution >= 4 is 29.4 Å². The van der Waals surface area contributed by atoms with Crippen LogP contribution in [0, 0.1) is 0 Å². The molecule has 2 N–H and O–H groups in total. The van der Waals surface area contributed by atoms with Crippen LogP contribution in [0.5, 0.6) is 0 Å². The van der Waals surface area contributed by atoms with Gasteiger partial charge >= 0.3 is 12.1 Å². The monoisotopic (exact) mass is 364 g/mol. The summed E-state index contributed by atoms with van der Waals surface area (Å²) >= 11 is 0. The molecular weight excluding hydrogens is 340 g/mol. The Bertz CT molecular complexity index is 661. The molecule has 26 heavy (non-hydrogen) atoms. The maximum absolute atomic E-state index is 11.7. The Morgan fingerprint density at radius 1 is 1.04 bits per heavy atom. The molecule has 0 unspecified atom stereocenters. The van der Waals surface area contributed by atoms with Gasteiger partial charge in [-0.2, -0.15) is 0 Å². The molecular formula is C18H24N2O6. The van der Waals surface area contributed by atoms with E-state index < -0.39 is 30.2 Å². The number of ketones is 1. The van der Waals surface area contributed by atoms with Gasteiger partial charge in [-0.1, -0.05) is 0 Å². The van der Waals surface area contributed by atoms with E-state index in [2.05, 4.69) is 10.6 Å². The second-order valence-corrected chi connectivity index (χ2v) is 6.52. The van der Waals surface area contributed by atoms with E-state index in [1.165, 1.54) is 6.92 Å². The standard InChI is InChI=1S/C18H24N2O6/c1-12(21)13-5-7-14(8-6-13)20-15(22)11-25-16(23)9-10-19-17(24)26-18(2,3)4/h5-8H,9-11H2,1-4H3,(H,19,24)(H,20,22). The van der Waals surface area contributed by atoms with Crippen LogP contribution in [-0.4, -0.2) is 42.5 Å². The number of benzene rings is 1. The number of ether oxygens (including phenoxy) is 2. The van der Waals surface area contributed by atoms with Crippen LogP contribution in [0.2, 0.25) is 0 Å². The first kappa shape index (κ1) is 21.1. The molecule has 142 valence electrons. The fourth-order valence-electron chi connectivity index (χ4n) is 1.78. The van der Waals surface area contributed by atoms with Crippen molar-refractivity contribution in [2.45, 2.75) is 39.7 Å². The quantitative estimate of drug-likeness (QED) is 0.567. The van der Waals surface area contributed by atoms with Gasteiger partial charge < -0.3 is 20.1 Å². The van der Waals surface area contributed by atoms with E-state index in [-0.39, 0.29) is 18.7 Å². The number of Topliss-reactive ketones (excluding diaryl/α,β-unsaturated/α-hetero) is 1. The van der Waals surface area contributed by atoms with E-state index >= 15 is 0 Å². The van der Waals surface area contributed by atoms with E-state index in [1.54, 1.807) is 45.0 Å². The van der Waals surface area contributed by atoms with Gasteiger partial charge in [-0.15, -0.1) is 0 Å². The number of anilines is 1. The maximum atomic E-state index is 11.7. The molecule has 0 saturated carbocycles. The first-order valence-corrected chi connectivity index (χ1v) is 8.10. The van der Waals surface area contributed by atoms with Crippen molar-refractivity contribution in [1.29, 1.82) is 0 Å². The number of esters is 1. The van der Waals surface area contributed by atoms with Gasteiger partial charge in [-0.05, 0) is 52.0 Å². The third kappa shape index (κ3) is 8.81. The summed E-state index contributed by atoms with van der Waals surface area (Å²) in [5, 5.41) is 4.97. The fraction of sp³-hybridized carbons (Fsp3) is 0.444. The van der Waals surface area contributed by atoms with Crippen LogP contribution in [0.4, 0.5) is 10.5 Å². The Morgan fingerprint density at radius 2 is 1.65 bits per heavy atom. The van der Waals surface area contributed by atoms with Gasteiger partial charge in [0, 0.05) is 17.8 Å². The minimum atomic E-state index is -0.628. The van der Waals surface area contributed by atoms with Crippen molar-refractivity contribution < 1.29 is 28.7 Å². The van der Waals surface area contributed by atoms with Crippen LogP contribution in [0.3, 0.4) is 0 Å². The first-order valence-electron chi connectivity index (χ1n) is 8.10. The van der Waals surface area contributed by atoms with Crippen LogP contribution in [0.15, 0.2) is 24.3 Å². The summed E-state index contributed by atoms with van der Waals surface area (Å²) in [5.41, 5.74) is 0.403. The molecule has 1 aromatic rings. The molecule has 0 atom stereocenters. The van der Waals surface area contributed by atoms with Crippen molar-refractivity contribution in [2.24, 2.45) is 0 Å². The number of nitrogens with one attached hydrogen (secondary N) is 2. The third-order valence-corrected chi connectivity index (χ3v) is 2.94. The summed E-state index contributed by atoms with van der Waals surface area (Å²) in [4.78, 5) is 45.9. The molecule has 0 heterocycles. The van der Waals surface area contributed by atoms with E-state index in [4.69, 9.17) is 9.47 Å². The number of amides is 2. The predicted octanol–water partition coefficient (Wildman–Crippen LogP) is 2.29. The largest absolute Gasteiger partial charge is 0.456 e. The molecule has 0 fully saturated rings. The number of hydrogen-bond donors (Lipinski definition) is 2. The molecule has 0 spiro atoms. The molecule has 1 aromatic carbocycles. The van der Waals surface area contributed by atoms with Crippen molar-refractivity contribution in [3.05, 3.63) is 29.8 Å². The van der Waals surface area contributed by atoms with E-state index in [1.807, 2.05) is 0 Å². The highest BCUT2D eigenvalue weighted by molar-refractivity contribution is 5.96. The van der Waals surface area contributed by atoms with Gasteiger partial charge in [0.15, 0.2) is 12.4 Å². The summed E-state index contributed by atoms with van der Waals surface area (Å²) in [5.74, 6) is -1.20. The molecule has 0 saturated heterocycles. The van der Waals surface area contributed by atoms with Crippen LogP contribution < -0.4 is 10.6 Å². The highest BCUT2D eigenvalue weighted by Gasteiger charge is 2.16. The number of carbonyl (C=O) groups is 4. The highest BCUT2D eigenvalue weighted by Crippen LogP contribution is 2.10. The summed E-state index contributed by atoms with van der Waals surface area (Å²) in [6.45, 7) is 6.24. The van der Waals surface area contributed by atoms with Crippen molar-refractivity contribution in [1.82, 2.24) is 5.32 Å². The average molecular weight is 364 g/mol. The van der Waals surface area contributed by atoms with E-state index in [0.717, 1.165) is 0 Å². The van der Waals surface area contributed by atoms with Gasteiger partial charge in [0.2, 0.25) is 0 Å². The lowest BCUT2D eigenvalue weighted by molar-refractivity contribution is -0.147. The van der Waals surface area contributed by atoms with Crippen LogP contribution in [-0.2, 0) is 19.1 Å². The lowest BCUT2D eigenvalue weighted by Crippen LogP contribution is -2.34. The van der Waals surface area contributed by atoms with Crippen molar-refractivity contribution in [3.63, 3.8) is 0 Å². The third-order valence-electron chi connectivity index (χ3n) is 2.94. The van der Waals surface area contributed by atoms with Gasteiger partial charge in [0.25, 0.3) is 5.91 Å². The Morgan fingerprint density at radius 3 is 2.19 bits per heavy atom. The molecule has 1 rings (SSSR count). The molecule has 0 aliphatic carbocycles. The van der Waals surface area contributed by atoms with Crippen molar-refractivity contribution in [2.75, 3.05) is 18.5 Å². The second kappa shape index (κ2) is 9.55. The zero-order chi connectivity index (χ0) is 19.7. The number of rotatable bonds is 7. The molecule has 8 heteroatoms. The summed E-state index contributed by atoms with van der Waals surface area (Å²) in [6, 6.07) is 6.35. The zero-order valence-electron chi connectivity index (χ0n) is 15.4. The topological polar surface area (TPSA) is 111 Å². The molecule has 0 aliphatic rings. The Labute approximate surface area is 152 Å². The van der Waals surface area contributed by atoms with Crippen LogP contribution in [0.1, 0.15) is 44.5 Å². The molecule has 8 nitrogen and oxygen atoms in total. The number of hydrogen-bond acceptors (Lipinski definition) is 6. The van der Waals surface area contributed by atoms with E-state index in [9.17, 15) is 19.2 Å². The van der Waals surface area contributed by atoms with Gasteiger partial charge in [-0.25, -0.2) is 4.79 Å². The summed E-state index contributed by atoms with van der Waals surface area (Å²) in [7, 11) is 0. The Kier molecular flexibility index (Phi) is 7.77. The second-order valence-electron chi connectivity index (χ2n) is 6.52. The molecule has 0 radical (unpaired) electrons. The average Bonchev–Trinajstić information content (AvgIpc) is 2.51. The maximum Gasteiger partial charge on any atom is 0.407 e. The van der Waals surface area contributed by atoms with Gasteiger partial charge in [0.1, 0.15) is 5.60 Å². The lowest BCUT2D eigenvalue weighted by atomic mass is 10.1. The lowest BCUT2D eigenvalue weighted by Gasteiger charge is -2.19. The first-order chi connectivity index (χ1) is 12.1. The minimum absolute atomic E-state index is 0.0435. The fourth-order valence-corrected chi connectivity index (χ4v) is 1.78. The van der Waals surface area contributed by atoms with Crippen LogP contribution >= 0.6 is 0 Å². The molecule has 2 amide bonds. The van der Waals surface area contributed by atoms with Crippen LogP contribution in [0.25, 0.3) is 0 Å². The van der Waals surface area contributed by atoms with Crippen molar-refractivity contribution in [3.8, 4) is 0 Å². The zero-order valence-corrected chi connectivity index (χ0v) is 15.4. The SMILES string of the molecule is CC(=O)c1ccc(NC(=O)COC(=O)CCNC(=O)OC(C)(C)C)cc1. The normalized spacial score (nSPS) is 10.6.